The topological polar surface area (TPSA) is 70.4 Å². The van der Waals surface area contributed by atoms with Gasteiger partial charge in [0.05, 0.1) is 17.0 Å². The number of benzene rings is 2. The van der Waals surface area contributed by atoms with Gasteiger partial charge in [-0.1, -0.05) is 24.3 Å². The Morgan fingerprint density at radius 1 is 1.21 bits per heavy atom. The van der Waals surface area contributed by atoms with Gasteiger partial charge in [0.1, 0.15) is 5.75 Å². The second-order valence-corrected chi connectivity index (χ2v) is 7.64. The van der Waals surface area contributed by atoms with Crippen molar-refractivity contribution in [1.29, 1.82) is 0 Å². The maximum atomic E-state index is 12.7. The van der Waals surface area contributed by atoms with E-state index >= 15 is 0 Å². The van der Waals surface area contributed by atoms with E-state index in [2.05, 4.69) is 27.8 Å². The molecule has 0 unspecified atom stereocenters. The SMILES string of the molecule is CCn1c(N2CCC[C@@H](C(=O)NCCc3ccc(O)cc3)C2)nc2ccccc21. The molecular weight excluding hydrogens is 364 g/mol. The molecule has 1 aliphatic heterocycles. The maximum absolute atomic E-state index is 12.7. The van der Waals surface area contributed by atoms with Crippen molar-refractivity contribution in [2.24, 2.45) is 5.92 Å². The normalized spacial score (nSPS) is 16.9. The Bertz CT molecular complexity index is 980. The summed E-state index contributed by atoms with van der Waals surface area (Å²) in [6.45, 7) is 5.23. The van der Waals surface area contributed by atoms with Crippen molar-refractivity contribution >= 4 is 22.9 Å². The highest BCUT2D eigenvalue weighted by Gasteiger charge is 2.28. The fraction of sp³-hybridized carbons (Fsp3) is 0.391. The molecule has 1 amide bonds. The Morgan fingerprint density at radius 2 is 2.00 bits per heavy atom. The lowest BCUT2D eigenvalue weighted by atomic mass is 9.97. The van der Waals surface area contributed by atoms with Gasteiger partial charge in [-0.3, -0.25) is 4.79 Å². The minimum absolute atomic E-state index is 0.0197. The summed E-state index contributed by atoms with van der Waals surface area (Å²) >= 11 is 0. The molecule has 0 saturated carbocycles. The summed E-state index contributed by atoms with van der Waals surface area (Å²) in [5.41, 5.74) is 3.25. The van der Waals surface area contributed by atoms with E-state index in [0.29, 0.717) is 13.1 Å². The quantitative estimate of drug-likeness (QED) is 0.675. The highest BCUT2D eigenvalue weighted by molar-refractivity contribution is 5.81. The summed E-state index contributed by atoms with van der Waals surface area (Å²) in [4.78, 5) is 19.8. The molecule has 2 heterocycles. The lowest BCUT2D eigenvalue weighted by Gasteiger charge is -2.33. The molecule has 3 aromatic rings. The van der Waals surface area contributed by atoms with Crippen molar-refractivity contribution in [2.75, 3.05) is 24.5 Å². The van der Waals surface area contributed by atoms with Gasteiger partial charge in [0.25, 0.3) is 0 Å². The largest absolute Gasteiger partial charge is 0.508 e. The van der Waals surface area contributed by atoms with Gasteiger partial charge in [-0.2, -0.15) is 0 Å². The molecule has 1 atom stereocenters. The molecule has 1 saturated heterocycles. The molecule has 1 fully saturated rings. The van der Waals surface area contributed by atoms with Crippen molar-refractivity contribution < 1.29 is 9.90 Å². The van der Waals surface area contributed by atoms with E-state index < -0.39 is 0 Å². The predicted octanol–water partition coefficient (Wildman–Crippen LogP) is 3.34. The van der Waals surface area contributed by atoms with E-state index in [4.69, 9.17) is 4.98 Å². The molecule has 0 radical (unpaired) electrons. The molecule has 0 spiro atoms. The molecule has 0 bridgehead atoms. The van der Waals surface area contributed by atoms with E-state index in [9.17, 15) is 9.90 Å². The second-order valence-electron chi connectivity index (χ2n) is 7.64. The third-order valence-corrected chi connectivity index (χ3v) is 5.67. The van der Waals surface area contributed by atoms with Crippen LogP contribution in [0.25, 0.3) is 11.0 Å². The van der Waals surface area contributed by atoms with Crippen molar-refractivity contribution in [3.63, 3.8) is 0 Å². The third kappa shape index (κ3) is 4.21. The molecule has 1 aliphatic rings. The first-order chi connectivity index (χ1) is 14.2. The van der Waals surface area contributed by atoms with Gasteiger partial charge in [0.2, 0.25) is 11.9 Å². The zero-order chi connectivity index (χ0) is 20.2. The number of piperidine rings is 1. The first-order valence-corrected chi connectivity index (χ1v) is 10.4. The molecule has 6 nitrogen and oxygen atoms in total. The van der Waals surface area contributed by atoms with Gasteiger partial charge in [-0.15, -0.1) is 0 Å². The predicted molar refractivity (Wildman–Crippen MR) is 115 cm³/mol. The van der Waals surface area contributed by atoms with Crippen LogP contribution in [0.1, 0.15) is 25.3 Å². The van der Waals surface area contributed by atoms with Gasteiger partial charge < -0.3 is 19.9 Å². The summed E-state index contributed by atoms with van der Waals surface area (Å²) in [6, 6.07) is 15.3. The molecule has 1 aromatic heterocycles. The number of aromatic hydroxyl groups is 1. The second kappa shape index (κ2) is 8.55. The molecule has 2 aromatic carbocycles. The number of phenolic OH excluding ortho intramolecular Hbond substituents is 1. The Hall–Kier alpha value is -3.02. The van der Waals surface area contributed by atoms with Gasteiger partial charge >= 0.3 is 0 Å². The van der Waals surface area contributed by atoms with Gasteiger partial charge in [0, 0.05) is 26.2 Å². The summed E-state index contributed by atoms with van der Waals surface area (Å²) in [6.07, 6.45) is 2.66. The Labute approximate surface area is 171 Å². The van der Waals surface area contributed by atoms with Gasteiger partial charge in [-0.25, -0.2) is 4.98 Å². The van der Waals surface area contributed by atoms with Crippen molar-refractivity contribution in [2.45, 2.75) is 32.7 Å². The number of fused-ring (bicyclic) bond motifs is 1. The number of rotatable bonds is 6. The number of hydrogen-bond donors (Lipinski definition) is 2. The summed E-state index contributed by atoms with van der Waals surface area (Å²) in [5.74, 6) is 1.33. The number of carbonyl (C=O) groups is 1. The van der Waals surface area contributed by atoms with Crippen molar-refractivity contribution in [1.82, 2.24) is 14.9 Å². The van der Waals surface area contributed by atoms with Crippen molar-refractivity contribution in [3.05, 3.63) is 54.1 Å². The van der Waals surface area contributed by atoms with Crippen LogP contribution in [0.5, 0.6) is 5.75 Å². The van der Waals surface area contributed by atoms with Crippen LogP contribution in [0.3, 0.4) is 0 Å². The first kappa shape index (κ1) is 19.3. The van der Waals surface area contributed by atoms with Crippen LogP contribution in [0.2, 0.25) is 0 Å². The molecule has 0 aliphatic carbocycles. The number of amides is 1. The van der Waals surface area contributed by atoms with Crippen LogP contribution in [-0.2, 0) is 17.8 Å². The number of aryl methyl sites for hydroxylation is 1. The number of nitrogens with one attached hydrogen (secondary N) is 1. The van der Waals surface area contributed by atoms with Gasteiger partial charge in [0.15, 0.2) is 0 Å². The number of hydrogen-bond acceptors (Lipinski definition) is 4. The number of nitrogens with zero attached hydrogens (tertiary/aromatic N) is 3. The molecule has 4 rings (SSSR count). The van der Waals surface area contributed by atoms with Crippen LogP contribution in [-0.4, -0.2) is 40.2 Å². The fourth-order valence-electron chi connectivity index (χ4n) is 4.13. The fourth-order valence-corrected chi connectivity index (χ4v) is 4.13. The van der Waals surface area contributed by atoms with Crippen LogP contribution < -0.4 is 10.2 Å². The van der Waals surface area contributed by atoms with E-state index in [1.807, 2.05) is 30.3 Å². The monoisotopic (exact) mass is 392 g/mol. The minimum Gasteiger partial charge on any atom is -0.508 e. The van der Waals surface area contributed by atoms with Crippen LogP contribution >= 0.6 is 0 Å². The molecule has 6 heteroatoms. The standard InChI is InChI=1S/C23H28N4O2/c1-2-27-21-8-4-3-7-20(21)25-23(27)26-15-5-6-18(16-26)22(29)24-14-13-17-9-11-19(28)12-10-17/h3-4,7-12,18,28H,2,5-6,13-16H2,1H3,(H,24,29)/t18-/m1/s1. The highest BCUT2D eigenvalue weighted by atomic mass is 16.3. The number of phenols is 1. The van der Waals surface area contributed by atoms with Crippen LogP contribution in [0.4, 0.5) is 5.95 Å². The molecule has 29 heavy (non-hydrogen) atoms. The molecular formula is C23H28N4O2. The number of aromatic nitrogens is 2. The Kier molecular flexibility index (Phi) is 5.69. The highest BCUT2D eigenvalue weighted by Crippen LogP contribution is 2.27. The lowest BCUT2D eigenvalue weighted by Crippen LogP contribution is -2.44. The van der Waals surface area contributed by atoms with Crippen molar-refractivity contribution in [3.8, 4) is 5.75 Å². The number of imidazole rings is 1. The molecule has 2 N–H and O–H groups in total. The number of anilines is 1. The van der Waals surface area contributed by atoms with Crippen LogP contribution in [0.15, 0.2) is 48.5 Å². The number of para-hydroxylation sites is 2. The smallest absolute Gasteiger partial charge is 0.224 e. The summed E-state index contributed by atoms with van der Waals surface area (Å²) in [5, 5.41) is 12.4. The average molecular weight is 393 g/mol. The van der Waals surface area contributed by atoms with Crippen LogP contribution in [0, 0.1) is 5.92 Å². The Balaban J connectivity index is 1.39. The summed E-state index contributed by atoms with van der Waals surface area (Å²) in [7, 11) is 0. The van der Waals surface area contributed by atoms with Gasteiger partial charge in [-0.05, 0) is 56.0 Å². The number of carbonyl (C=O) groups excluding carboxylic acids is 1. The third-order valence-electron chi connectivity index (χ3n) is 5.67. The first-order valence-electron chi connectivity index (χ1n) is 10.4. The lowest BCUT2D eigenvalue weighted by molar-refractivity contribution is -0.125. The van der Waals surface area contributed by atoms with E-state index in [1.165, 1.54) is 0 Å². The van der Waals surface area contributed by atoms with E-state index in [1.54, 1.807) is 12.1 Å². The zero-order valence-electron chi connectivity index (χ0n) is 16.8. The van der Waals surface area contributed by atoms with E-state index in [-0.39, 0.29) is 17.6 Å². The minimum atomic E-state index is -0.0197. The summed E-state index contributed by atoms with van der Waals surface area (Å²) < 4.78 is 2.24. The average Bonchev–Trinajstić information content (AvgIpc) is 3.14. The zero-order valence-corrected chi connectivity index (χ0v) is 16.8. The molecule has 152 valence electrons. The maximum Gasteiger partial charge on any atom is 0.224 e. The Morgan fingerprint density at radius 3 is 2.79 bits per heavy atom. The van der Waals surface area contributed by atoms with E-state index in [0.717, 1.165) is 54.9 Å².